The Balaban J connectivity index is 2.61. The van der Waals surface area contributed by atoms with E-state index in [9.17, 15) is 13.6 Å². The van der Waals surface area contributed by atoms with E-state index in [0.717, 1.165) is 16.6 Å². The van der Waals surface area contributed by atoms with Crippen molar-refractivity contribution in [1.82, 2.24) is 5.32 Å². The molecular weight excluding hydrogens is 351 g/mol. The lowest BCUT2D eigenvalue weighted by Gasteiger charge is -2.19. The molecule has 0 aliphatic rings. The van der Waals surface area contributed by atoms with Crippen LogP contribution in [0.1, 0.15) is 19.4 Å². The number of amides is 1. The van der Waals surface area contributed by atoms with Gasteiger partial charge >= 0.3 is 0 Å². The second-order valence-corrected chi connectivity index (χ2v) is 5.38. The Morgan fingerprint density at radius 2 is 2.00 bits per heavy atom. The van der Waals surface area contributed by atoms with Gasteiger partial charge < -0.3 is 5.32 Å². The third kappa shape index (κ3) is 4.51. The van der Waals surface area contributed by atoms with Crippen molar-refractivity contribution in [1.29, 1.82) is 0 Å². The van der Waals surface area contributed by atoms with Crippen LogP contribution < -0.4 is 5.32 Å². The summed E-state index contributed by atoms with van der Waals surface area (Å²) in [5, 5.41) is 2.89. The minimum atomic E-state index is -0.922. The normalized spacial score (nSPS) is 12.6. The smallest absolute Gasteiger partial charge is 0.224 e. The zero-order valence-corrected chi connectivity index (χ0v) is 12.5. The molecule has 0 heterocycles. The second kappa shape index (κ2) is 7.01. The summed E-state index contributed by atoms with van der Waals surface area (Å²) in [6, 6.07) is 3.62. The Hall–Kier alpha value is -0.720. The topological polar surface area (TPSA) is 29.1 Å². The fraction of sp³-hybridized carbons (Fsp3) is 0.462. The molecule has 0 saturated carbocycles. The Morgan fingerprint density at radius 3 is 2.50 bits per heavy atom. The summed E-state index contributed by atoms with van der Waals surface area (Å²) in [5.74, 6) is -1.65. The van der Waals surface area contributed by atoms with Crippen LogP contribution in [0.25, 0.3) is 0 Å². The van der Waals surface area contributed by atoms with Crippen molar-refractivity contribution in [2.45, 2.75) is 26.3 Å². The van der Waals surface area contributed by atoms with E-state index >= 15 is 0 Å². The first-order valence-corrected chi connectivity index (χ1v) is 7.26. The molecule has 18 heavy (non-hydrogen) atoms. The second-order valence-electron chi connectivity index (χ2n) is 4.50. The van der Waals surface area contributed by atoms with Crippen LogP contribution in [0, 0.1) is 17.6 Å². The molecule has 1 rings (SSSR count). The highest BCUT2D eigenvalue weighted by Gasteiger charge is 2.15. The van der Waals surface area contributed by atoms with Gasteiger partial charge in [-0.25, -0.2) is 8.78 Å². The van der Waals surface area contributed by atoms with Crippen LogP contribution in [0.3, 0.4) is 0 Å². The van der Waals surface area contributed by atoms with Crippen molar-refractivity contribution in [3.05, 3.63) is 35.4 Å². The van der Waals surface area contributed by atoms with Gasteiger partial charge in [-0.05, 0) is 23.6 Å². The Kier molecular flexibility index (Phi) is 5.98. The molecule has 0 aromatic heterocycles. The van der Waals surface area contributed by atoms with Crippen molar-refractivity contribution in [3.8, 4) is 0 Å². The summed E-state index contributed by atoms with van der Waals surface area (Å²) >= 11 is 2.21. The quantitative estimate of drug-likeness (QED) is 0.629. The number of carbonyl (C=O) groups excluding carboxylic acids is 1. The molecule has 0 bridgehead atoms. The van der Waals surface area contributed by atoms with Crippen molar-refractivity contribution >= 4 is 28.5 Å². The van der Waals surface area contributed by atoms with E-state index in [1.807, 2.05) is 13.8 Å². The summed E-state index contributed by atoms with van der Waals surface area (Å²) < 4.78 is 26.5. The highest BCUT2D eigenvalue weighted by Crippen LogP contribution is 2.10. The predicted molar refractivity (Wildman–Crippen MR) is 75.7 cm³/mol. The number of carbonyl (C=O) groups is 1. The van der Waals surface area contributed by atoms with Crippen LogP contribution in [-0.2, 0) is 11.2 Å². The van der Waals surface area contributed by atoms with Gasteiger partial charge in [-0.1, -0.05) is 42.5 Å². The van der Waals surface area contributed by atoms with Gasteiger partial charge in [-0.2, -0.15) is 0 Å². The molecule has 1 N–H and O–H groups in total. The van der Waals surface area contributed by atoms with E-state index in [0.29, 0.717) is 11.5 Å². The Morgan fingerprint density at radius 1 is 1.33 bits per heavy atom. The third-order valence-corrected chi connectivity index (χ3v) is 3.61. The van der Waals surface area contributed by atoms with Gasteiger partial charge in [0.1, 0.15) is 0 Å². The highest BCUT2D eigenvalue weighted by molar-refractivity contribution is 14.1. The van der Waals surface area contributed by atoms with Gasteiger partial charge in [0.25, 0.3) is 0 Å². The number of hydrogen-bond acceptors (Lipinski definition) is 1. The number of nitrogens with one attached hydrogen (secondary N) is 1. The average Bonchev–Trinajstić information content (AvgIpc) is 2.30. The minimum absolute atomic E-state index is 0.0665. The maximum Gasteiger partial charge on any atom is 0.224 e. The fourth-order valence-corrected chi connectivity index (χ4v) is 2.71. The number of hydrogen-bond donors (Lipinski definition) is 1. The van der Waals surface area contributed by atoms with Crippen molar-refractivity contribution in [3.63, 3.8) is 0 Å². The molecular formula is C13H16F2INO. The highest BCUT2D eigenvalue weighted by atomic mass is 127. The van der Waals surface area contributed by atoms with Crippen molar-refractivity contribution in [2.24, 2.45) is 5.92 Å². The van der Waals surface area contributed by atoms with Gasteiger partial charge in [-0.15, -0.1) is 0 Å². The number of benzene rings is 1. The van der Waals surface area contributed by atoms with Crippen LogP contribution in [-0.4, -0.2) is 16.4 Å². The van der Waals surface area contributed by atoms with E-state index in [2.05, 4.69) is 27.9 Å². The molecule has 1 unspecified atom stereocenters. The van der Waals surface area contributed by atoms with Crippen LogP contribution in [0.5, 0.6) is 0 Å². The van der Waals surface area contributed by atoms with E-state index < -0.39 is 11.6 Å². The van der Waals surface area contributed by atoms with Crippen LogP contribution in [0.2, 0.25) is 0 Å². The van der Waals surface area contributed by atoms with Crippen LogP contribution in [0.15, 0.2) is 18.2 Å². The zero-order chi connectivity index (χ0) is 13.7. The first-order valence-electron chi connectivity index (χ1n) is 5.73. The molecule has 5 heteroatoms. The van der Waals surface area contributed by atoms with E-state index in [1.165, 1.54) is 6.07 Å². The molecule has 1 aromatic rings. The summed E-state index contributed by atoms with van der Waals surface area (Å²) in [5.41, 5.74) is 0.474. The lowest BCUT2D eigenvalue weighted by molar-refractivity contribution is -0.121. The molecule has 0 aliphatic carbocycles. The standard InChI is InChI=1S/C13H16F2INO/c1-8(2)12(7-16)17-13(18)6-9-3-4-10(14)11(15)5-9/h3-5,8,12H,6-7H2,1-2H3,(H,17,18). The Labute approximate surface area is 119 Å². The summed E-state index contributed by atoms with van der Waals surface area (Å²) in [7, 11) is 0. The molecule has 1 atom stereocenters. The maximum atomic E-state index is 13.0. The predicted octanol–water partition coefficient (Wildman–Crippen LogP) is 3.08. The zero-order valence-electron chi connectivity index (χ0n) is 10.3. The largest absolute Gasteiger partial charge is 0.352 e. The molecule has 0 spiro atoms. The molecule has 1 aromatic carbocycles. The third-order valence-electron chi connectivity index (χ3n) is 2.67. The molecule has 100 valence electrons. The number of alkyl halides is 1. The van der Waals surface area contributed by atoms with Gasteiger partial charge in [0, 0.05) is 10.5 Å². The van der Waals surface area contributed by atoms with Crippen molar-refractivity contribution in [2.75, 3.05) is 4.43 Å². The van der Waals surface area contributed by atoms with Gasteiger partial charge in [0.15, 0.2) is 11.6 Å². The monoisotopic (exact) mass is 367 g/mol. The summed E-state index contributed by atoms with van der Waals surface area (Å²) in [6.07, 6.45) is 0.0665. The minimum Gasteiger partial charge on any atom is -0.352 e. The van der Waals surface area contributed by atoms with Crippen LogP contribution >= 0.6 is 22.6 Å². The summed E-state index contributed by atoms with van der Waals surface area (Å²) in [4.78, 5) is 11.8. The average molecular weight is 367 g/mol. The van der Waals surface area contributed by atoms with Crippen LogP contribution in [0.4, 0.5) is 8.78 Å². The van der Waals surface area contributed by atoms with Crippen molar-refractivity contribution < 1.29 is 13.6 Å². The van der Waals surface area contributed by atoms with E-state index in [4.69, 9.17) is 0 Å². The summed E-state index contributed by atoms with van der Waals surface area (Å²) in [6.45, 7) is 4.06. The number of rotatable bonds is 5. The first-order chi connectivity index (χ1) is 8.43. The molecule has 0 radical (unpaired) electrons. The lowest BCUT2D eigenvalue weighted by atomic mass is 10.1. The maximum absolute atomic E-state index is 13.0. The SMILES string of the molecule is CC(C)C(CI)NC(=O)Cc1ccc(F)c(F)c1. The first kappa shape index (κ1) is 15.3. The molecule has 0 fully saturated rings. The van der Waals surface area contributed by atoms with Gasteiger partial charge in [0.2, 0.25) is 5.91 Å². The van der Waals surface area contributed by atoms with E-state index in [-0.39, 0.29) is 18.4 Å². The molecule has 2 nitrogen and oxygen atoms in total. The molecule has 0 aliphatic heterocycles. The van der Waals surface area contributed by atoms with E-state index in [1.54, 1.807) is 0 Å². The molecule has 0 saturated heterocycles. The Bertz CT molecular complexity index is 423. The molecule has 1 amide bonds. The fourth-order valence-electron chi connectivity index (χ4n) is 1.48. The van der Waals surface area contributed by atoms with Gasteiger partial charge in [0.05, 0.1) is 6.42 Å². The van der Waals surface area contributed by atoms with Gasteiger partial charge in [-0.3, -0.25) is 4.79 Å². The lowest BCUT2D eigenvalue weighted by Crippen LogP contribution is -2.40. The number of halogens is 3.